The number of benzene rings is 1. The van der Waals surface area contributed by atoms with E-state index in [0.717, 1.165) is 30.0 Å². The van der Waals surface area contributed by atoms with E-state index in [1.807, 2.05) is 32.0 Å². The zero-order chi connectivity index (χ0) is 25.4. The van der Waals surface area contributed by atoms with Crippen LogP contribution in [0.2, 0.25) is 4.34 Å². The normalized spacial score (nSPS) is 13.9. The van der Waals surface area contributed by atoms with Gasteiger partial charge in [0.1, 0.15) is 21.8 Å². The van der Waals surface area contributed by atoms with Crippen molar-refractivity contribution in [3.63, 3.8) is 0 Å². The maximum atomic E-state index is 12.0. The second-order valence-electron chi connectivity index (χ2n) is 7.39. The summed E-state index contributed by atoms with van der Waals surface area (Å²) >= 11 is 9.09. The lowest BCUT2D eigenvalue weighted by Gasteiger charge is -2.10. The number of carbonyl (C=O) groups excluding carboxylic acids is 1. The van der Waals surface area contributed by atoms with Crippen molar-refractivity contribution in [1.29, 1.82) is 5.26 Å². The number of amides is 1. The van der Waals surface area contributed by atoms with Gasteiger partial charge in [-0.15, -0.1) is 27.8 Å². The van der Waals surface area contributed by atoms with E-state index in [0.29, 0.717) is 30.9 Å². The highest BCUT2D eigenvalue weighted by atomic mass is 35.5. The second kappa shape index (κ2) is 12.1. The highest BCUT2D eigenvalue weighted by Crippen LogP contribution is 2.38. The van der Waals surface area contributed by atoms with E-state index in [-0.39, 0.29) is 18.9 Å². The molecular weight excluding hydrogens is 506 g/mol. The van der Waals surface area contributed by atoms with Gasteiger partial charge in [0.05, 0.1) is 41.7 Å². The Balaban J connectivity index is 0.00000167. The van der Waals surface area contributed by atoms with Crippen LogP contribution in [0.15, 0.2) is 34.5 Å². The van der Waals surface area contributed by atoms with E-state index in [1.165, 1.54) is 22.7 Å². The van der Waals surface area contributed by atoms with Crippen molar-refractivity contribution in [1.82, 2.24) is 10.3 Å². The molecule has 0 bridgehead atoms. The van der Waals surface area contributed by atoms with E-state index in [2.05, 4.69) is 39.4 Å². The van der Waals surface area contributed by atoms with Crippen LogP contribution in [0.1, 0.15) is 38.1 Å². The molecule has 0 spiro atoms. The van der Waals surface area contributed by atoms with Crippen LogP contribution in [0.3, 0.4) is 0 Å². The summed E-state index contributed by atoms with van der Waals surface area (Å²) in [6.07, 6.45) is 1.78. The lowest BCUT2D eigenvalue weighted by Crippen LogP contribution is -2.36. The molecule has 0 atom stereocenters. The molecule has 1 N–H and O–H groups in total. The Hall–Kier alpha value is -3.00. The first-order valence-electron chi connectivity index (χ1n) is 11.1. The van der Waals surface area contributed by atoms with Crippen molar-refractivity contribution in [2.24, 2.45) is 10.2 Å². The second-order valence-corrected chi connectivity index (χ2v) is 10.2. The number of nitriles is 1. The maximum absolute atomic E-state index is 12.0. The highest BCUT2D eigenvalue weighted by Gasteiger charge is 2.44. The third kappa shape index (κ3) is 6.78. The minimum atomic E-state index is -0.690. The Kier molecular flexibility index (Phi) is 9.20. The van der Waals surface area contributed by atoms with Gasteiger partial charge in [0.2, 0.25) is 11.8 Å². The largest absolute Gasteiger partial charge is 0.494 e. The zero-order valence-corrected chi connectivity index (χ0v) is 22.1. The topological polar surface area (TPSA) is 109 Å². The fourth-order valence-corrected chi connectivity index (χ4v) is 5.24. The molecular formula is C24H26ClN5O3S2. The van der Waals surface area contributed by atoms with Crippen molar-refractivity contribution in [3.05, 3.63) is 33.6 Å². The van der Waals surface area contributed by atoms with E-state index in [1.54, 1.807) is 7.11 Å². The Morgan fingerprint density at radius 1 is 1.34 bits per heavy atom. The fourth-order valence-electron chi connectivity index (χ4n) is 3.19. The Labute approximate surface area is 217 Å². The molecule has 2 aromatic heterocycles. The summed E-state index contributed by atoms with van der Waals surface area (Å²) in [5.74, 6) is 0.743. The van der Waals surface area contributed by atoms with Crippen molar-refractivity contribution >= 4 is 63.0 Å². The quantitative estimate of drug-likeness (QED) is 0.211. The number of nitrogens with one attached hydrogen (secondary N) is 1. The lowest BCUT2D eigenvalue weighted by molar-refractivity contribution is -0.122. The number of ether oxygens (including phenoxy) is 2. The van der Waals surface area contributed by atoms with Crippen LogP contribution < -0.4 is 10.1 Å². The van der Waals surface area contributed by atoms with Crippen LogP contribution in [0.25, 0.3) is 20.7 Å². The standard InChI is InChI=1S/C22H20ClN5O3S2.C2H6/c1-25-28-19(31-8-5-18(29)27-22(12-24)6-7-22)11-20-26-21-14(30-2)9-13(10-16(21)33-20)15-3-4-17(23)32-15;1-2/h3-4,9-10H,1,5-8,11H2,2H3,(H,27,29);1-2H3/b28-19-;. The first-order chi connectivity index (χ1) is 16.9. The van der Waals surface area contributed by atoms with Crippen LogP contribution in [-0.4, -0.2) is 42.8 Å². The molecule has 2 heterocycles. The molecule has 184 valence electrons. The Morgan fingerprint density at radius 2 is 2.11 bits per heavy atom. The fraction of sp³-hybridized carbons (Fsp3) is 0.375. The minimum absolute atomic E-state index is 0.110. The van der Waals surface area contributed by atoms with Crippen LogP contribution in [0.4, 0.5) is 0 Å². The van der Waals surface area contributed by atoms with Crippen molar-refractivity contribution in [2.45, 2.75) is 45.1 Å². The zero-order valence-electron chi connectivity index (χ0n) is 19.8. The predicted molar refractivity (Wildman–Crippen MR) is 143 cm³/mol. The molecule has 11 heteroatoms. The summed E-state index contributed by atoms with van der Waals surface area (Å²) in [5, 5.41) is 20.1. The van der Waals surface area contributed by atoms with Gasteiger partial charge in [-0.1, -0.05) is 25.4 Å². The van der Waals surface area contributed by atoms with E-state index in [9.17, 15) is 4.79 Å². The van der Waals surface area contributed by atoms with Gasteiger partial charge in [0.25, 0.3) is 0 Å². The number of aromatic nitrogens is 1. The van der Waals surface area contributed by atoms with Crippen LogP contribution >= 0.6 is 34.3 Å². The average molecular weight is 532 g/mol. The summed E-state index contributed by atoms with van der Waals surface area (Å²) in [5.41, 5.74) is 1.06. The number of thiazole rings is 1. The summed E-state index contributed by atoms with van der Waals surface area (Å²) in [4.78, 5) is 17.8. The van der Waals surface area contributed by atoms with E-state index < -0.39 is 5.54 Å². The average Bonchev–Trinajstić information content (AvgIpc) is 3.28. The maximum Gasteiger partial charge on any atom is 0.224 e. The van der Waals surface area contributed by atoms with Gasteiger partial charge in [-0.2, -0.15) is 10.4 Å². The molecule has 1 aromatic carbocycles. The minimum Gasteiger partial charge on any atom is -0.494 e. The summed E-state index contributed by atoms with van der Waals surface area (Å²) in [6.45, 7) is 7.50. The number of rotatable bonds is 9. The summed E-state index contributed by atoms with van der Waals surface area (Å²) in [7, 11) is 1.61. The first-order valence-corrected chi connectivity index (χ1v) is 13.1. The number of fused-ring (bicyclic) bond motifs is 1. The number of halogens is 1. The lowest BCUT2D eigenvalue weighted by atomic mass is 10.1. The molecule has 0 saturated heterocycles. The van der Waals surface area contributed by atoms with Gasteiger partial charge < -0.3 is 14.8 Å². The number of methoxy groups -OCH3 is 1. The molecule has 1 aliphatic carbocycles. The van der Waals surface area contributed by atoms with Crippen molar-refractivity contribution in [2.75, 3.05) is 13.7 Å². The molecule has 0 unspecified atom stereocenters. The van der Waals surface area contributed by atoms with Gasteiger partial charge in [-0.25, -0.2) is 4.98 Å². The van der Waals surface area contributed by atoms with Crippen molar-refractivity contribution in [3.8, 4) is 22.3 Å². The molecule has 1 saturated carbocycles. The first kappa shape index (κ1) is 26.6. The molecule has 4 rings (SSSR count). The van der Waals surface area contributed by atoms with E-state index in [4.69, 9.17) is 26.3 Å². The number of carbonyl (C=O) groups is 1. The molecule has 0 aliphatic heterocycles. The predicted octanol–water partition coefficient (Wildman–Crippen LogP) is 5.85. The third-order valence-electron chi connectivity index (χ3n) is 5.01. The number of hydrogen-bond donors (Lipinski definition) is 1. The number of thiophene rings is 1. The molecule has 8 nitrogen and oxygen atoms in total. The number of nitrogens with zero attached hydrogens (tertiary/aromatic N) is 4. The Morgan fingerprint density at radius 3 is 2.71 bits per heavy atom. The third-order valence-corrected chi connectivity index (χ3v) is 7.29. The highest BCUT2D eigenvalue weighted by molar-refractivity contribution is 7.20. The van der Waals surface area contributed by atoms with Crippen molar-refractivity contribution < 1.29 is 14.3 Å². The summed E-state index contributed by atoms with van der Waals surface area (Å²) < 4.78 is 12.9. The van der Waals surface area contributed by atoms with Gasteiger partial charge >= 0.3 is 0 Å². The monoisotopic (exact) mass is 531 g/mol. The molecule has 3 aromatic rings. The number of hydrogen-bond acceptors (Lipinski definition) is 9. The van der Waals surface area contributed by atoms with Crippen LogP contribution in [-0.2, 0) is 16.0 Å². The molecule has 1 amide bonds. The summed E-state index contributed by atoms with van der Waals surface area (Å²) in [6, 6.07) is 9.96. The Bertz CT molecular complexity index is 1270. The van der Waals surface area contributed by atoms with Gasteiger partial charge in [-0.05, 0) is 42.7 Å². The smallest absolute Gasteiger partial charge is 0.224 e. The SMILES string of the molecule is C=N/N=C(/Cc1nc2c(OC)cc(-c3ccc(Cl)s3)cc2s1)OCCC(=O)NC1(C#N)CC1.CC. The van der Waals surface area contributed by atoms with E-state index >= 15 is 0 Å². The molecule has 1 aliphatic rings. The molecule has 0 radical (unpaired) electrons. The van der Waals surface area contributed by atoms with Crippen LogP contribution in [0.5, 0.6) is 5.75 Å². The van der Waals surface area contributed by atoms with Gasteiger partial charge in [0.15, 0.2) is 0 Å². The van der Waals surface area contributed by atoms with Gasteiger partial charge in [0, 0.05) is 11.6 Å². The molecule has 35 heavy (non-hydrogen) atoms. The van der Waals surface area contributed by atoms with Gasteiger partial charge in [-0.3, -0.25) is 4.79 Å². The van der Waals surface area contributed by atoms with Crippen LogP contribution in [0, 0.1) is 11.3 Å². The molecule has 1 fully saturated rings.